The molecule has 0 spiro atoms. The first-order chi connectivity index (χ1) is 7.39. The van der Waals surface area contributed by atoms with Crippen LogP contribution in [0.25, 0.3) is 0 Å². The Labute approximate surface area is 98.7 Å². The molecule has 0 amide bonds. The second-order valence-electron chi connectivity index (χ2n) is 1.65. The third-order valence-electron chi connectivity index (χ3n) is 0.940. The molecule has 0 fully saturated rings. The van der Waals surface area contributed by atoms with Crippen molar-refractivity contribution in [3.8, 4) is 0 Å². The number of rotatable bonds is 0. The molecular weight excluding hydrogens is 180 g/mol. The Morgan fingerprint density at radius 1 is 0.533 bits per heavy atom. The van der Waals surface area contributed by atoms with Crippen LogP contribution in [0, 0.1) is 6.92 Å². The number of hydrogen-bond donors (Lipinski definition) is 0. The van der Waals surface area contributed by atoms with Gasteiger partial charge in [-0.2, -0.15) is 0 Å². The zero-order valence-corrected chi connectivity index (χ0v) is 12.4. The Kier molecular flexibility index (Phi) is 60.1. The summed E-state index contributed by atoms with van der Waals surface area (Å²) in [6.07, 6.45) is 0. The first kappa shape index (κ1) is 23.8. The van der Waals surface area contributed by atoms with E-state index in [0.29, 0.717) is 0 Å². The predicted molar refractivity (Wildman–Crippen MR) is 76.6 cm³/mol. The summed E-state index contributed by atoms with van der Waals surface area (Å²) in [4.78, 5) is 0. The molecule has 1 aromatic carbocycles. The fourth-order valence-electron chi connectivity index (χ4n) is 0.534. The molecule has 15 heavy (non-hydrogen) atoms. The van der Waals surface area contributed by atoms with Crippen molar-refractivity contribution in [1.82, 2.24) is 0 Å². The maximum atomic E-state index is 2.08. The van der Waals surface area contributed by atoms with Gasteiger partial charge >= 0.3 is 0 Å². The first-order valence-electron chi connectivity index (χ1n) is 6.41. The molecule has 0 unspecified atom stereocenters. The minimum atomic E-state index is 1.32. The molecule has 0 aliphatic carbocycles. The van der Waals surface area contributed by atoms with Crippen molar-refractivity contribution < 1.29 is 0 Å². The molecule has 0 atom stereocenters. The molecule has 0 aliphatic rings. The molecule has 0 nitrogen and oxygen atoms in total. The fraction of sp³-hybridized carbons (Fsp3) is 0.600. The Morgan fingerprint density at radius 3 is 0.933 bits per heavy atom. The molecule has 0 aromatic heterocycles. The predicted octanol–water partition coefficient (Wildman–Crippen LogP) is 6.10. The van der Waals surface area contributed by atoms with Gasteiger partial charge in [-0.1, -0.05) is 91.3 Å². The topological polar surface area (TPSA) is 0 Å². The summed E-state index contributed by atoms with van der Waals surface area (Å²) < 4.78 is 0. The average molecular weight is 212 g/mol. The van der Waals surface area contributed by atoms with Gasteiger partial charge in [0.25, 0.3) is 0 Å². The van der Waals surface area contributed by atoms with E-state index < -0.39 is 0 Å². The zero-order valence-electron chi connectivity index (χ0n) is 12.4. The Balaban J connectivity index is -0.0000000650. The maximum Gasteiger partial charge on any atom is -0.0398 e. The summed E-state index contributed by atoms with van der Waals surface area (Å²) >= 11 is 0. The Hall–Kier alpha value is -0.780. The van der Waals surface area contributed by atoms with E-state index in [2.05, 4.69) is 19.1 Å². The molecule has 92 valence electrons. The standard InChI is InChI=1S/C7H8.4C2H6/c1-7-5-3-2-4-6-7;4*1-2/h2-6H,1H3;4*1-2H3. The van der Waals surface area contributed by atoms with Crippen LogP contribution >= 0.6 is 0 Å². The van der Waals surface area contributed by atoms with Crippen LogP contribution in [0.4, 0.5) is 0 Å². The zero-order chi connectivity index (χ0) is 13.1. The van der Waals surface area contributed by atoms with Crippen molar-refractivity contribution in [3.05, 3.63) is 35.9 Å². The maximum absolute atomic E-state index is 2.08. The van der Waals surface area contributed by atoms with Gasteiger partial charge in [0.1, 0.15) is 0 Å². The van der Waals surface area contributed by atoms with Gasteiger partial charge in [-0.3, -0.25) is 0 Å². The minimum Gasteiger partial charge on any atom is -0.0683 e. The van der Waals surface area contributed by atoms with E-state index in [-0.39, 0.29) is 0 Å². The fourth-order valence-corrected chi connectivity index (χ4v) is 0.534. The van der Waals surface area contributed by atoms with Crippen LogP contribution in [0.3, 0.4) is 0 Å². The normalized spacial score (nSPS) is 5.67. The van der Waals surface area contributed by atoms with Gasteiger partial charge in [0.2, 0.25) is 0 Å². The molecule has 0 N–H and O–H groups in total. The minimum absolute atomic E-state index is 1.32. The molecule has 0 heteroatoms. The quantitative estimate of drug-likeness (QED) is 0.487. The van der Waals surface area contributed by atoms with Gasteiger partial charge in [-0.25, -0.2) is 0 Å². The van der Waals surface area contributed by atoms with Crippen LogP contribution in [-0.4, -0.2) is 0 Å². The van der Waals surface area contributed by atoms with E-state index >= 15 is 0 Å². The first-order valence-corrected chi connectivity index (χ1v) is 6.41. The van der Waals surface area contributed by atoms with E-state index in [1.807, 2.05) is 73.6 Å². The molecule has 0 aliphatic heterocycles. The summed E-state index contributed by atoms with van der Waals surface area (Å²) in [5.74, 6) is 0. The van der Waals surface area contributed by atoms with E-state index in [9.17, 15) is 0 Å². The summed E-state index contributed by atoms with van der Waals surface area (Å²) in [6.45, 7) is 18.1. The summed E-state index contributed by atoms with van der Waals surface area (Å²) in [5.41, 5.74) is 1.32. The smallest absolute Gasteiger partial charge is 0.0398 e. The van der Waals surface area contributed by atoms with Crippen LogP contribution in [0.2, 0.25) is 0 Å². The van der Waals surface area contributed by atoms with Gasteiger partial charge in [0.15, 0.2) is 0 Å². The second kappa shape index (κ2) is 37.9. The van der Waals surface area contributed by atoms with Crippen LogP contribution in [0.1, 0.15) is 61.0 Å². The van der Waals surface area contributed by atoms with Crippen LogP contribution in [0.15, 0.2) is 30.3 Å². The lowest BCUT2D eigenvalue weighted by atomic mass is 10.2. The number of hydrogen-bond acceptors (Lipinski definition) is 0. The Morgan fingerprint density at radius 2 is 0.800 bits per heavy atom. The van der Waals surface area contributed by atoms with Gasteiger partial charge in [0.05, 0.1) is 0 Å². The lowest BCUT2D eigenvalue weighted by Crippen LogP contribution is -1.62. The molecule has 1 rings (SSSR count). The average Bonchev–Trinajstić information content (AvgIpc) is 2.40. The van der Waals surface area contributed by atoms with Crippen molar-refractivity contribution in [2.24, 2.45) is 0 Å². The van der Waals surface area contributed by atoms with Crippen LogP contribution in [-0.2, 0) is 0 Å². The van der Waals surface area contributed by atoms with Crippen molar-refractivity contribution in [2.75, 3.05) is 0 Å². The summed E-state index contributed by atoms with van der Waals surface area (Å²) in [6, 6.07) is 10.3. The van der Waals surface area contributed by atoms with Gasteiger partial charge < -0.3 is 0 Å². The highest BCUT2D eigenvalue weighted by Crippen LogP contribution is 1.92. The number of aryl methyl sites for hydroxylation is 1. The van der Waals surface area contributed by atoms with Gasteiger partial charge in [-0.15, -0.1) is 0 Å². The third-order valence-corrected chi connectivity index (χ3v) is 0.940. The second-order valence-corrected chi connectivity index (χ2v) is 1.65. The molecule has 1 aromatic rings. The van der Waals surface area contributed by atoms with Gasteiger partial charge in [0, 0.05) is 0 Å². The van der Waals surface area contributed by atoms with E-state index in [4.69, 9.17) is 0 Å². The molecule has 0 saturated heterocycles. The molecule has 0 saturated carbocycles. The highest BCUT2D eigenvalue weighted by molar-refractivity contribution is 5.11. The van der Waals surface area contributed by atoms with Gasteiger partial charge in [-0.05, 0) is 6.92 Å². The molecule has 0 heterocycles. The molecular formula is C15H32. The highest BCUT2D eigenvalue weighted by Gasteiger charge is 1.72. The van der Waals surface area contributed by atoms with Crippen molar-refractivity contribution in [2.45, 2.75) is 62.3 Å². The summed E-state index contributed by atoms with van der Waals surface area (Å²) in [7, 11) is 0. The summed E-state index contributed by atoms with van der Waals surface area (Å²) in [5, 5.41) is 0. The monoisotopic (exact) mass is 212 g/mol. The lowest BCUT2D eigenvalue weighted by molar-refractivity contribution is 1.48. The van der Waals surface area contributed by atoms with Crippen molar-refractivity contribution in [3.63, 3.8) is 0 Å². The van der Waals surface area contributed by atoms with Crippen molar-refractivity contribution >= 4 is 0 Å². The van der Waals surface area contributed by atoms with E-state index in [0.717, 1.165) is 0 Å². The highest BCUT2D eigenvalue weighted by atomic mass is 13.8. The third kappa shape index (κ3) is 31.9. The SMILES string of the molecule is CC.CC.CC.CC.Cc1ccccc1. The number of benzene rings is 1. The lowest BCUT2D eigenvalue weighted by Gasteiger charge is -1.82. The molecule has 0 bridgehead atoms. The van der Waals surface area contributed by atoms with Crippen molar-refractivity contribution in [1.29, 1.82) is 0 Å². The van der Waals surface area contributed by atoms with Crippen LogP contribution in [0.5, 0.6) is 0 Å². The van der Waals surface area contributed by atoms with Crippen LogP contribution < -0.4 is 0 Å². The molecule has 0 radical (unpaired) electrons. The largest absolute Gasteiger partial charge is 0.0683 e. The Bertz CT molecular complexity index is 130. The van der Waals surface area contributed by atoms with E-state index in [1.165, 1.54) is 5.56 Å². The van der Waals surface area contributed by atoms with E-state index in [1.54, 1.807) is 0 Å².